The lowest BCUT2D eigenvalue weighted by Gasteiger charge is -2.27. The normalized spacial score (nSPS) is 22.2. The summed E-state index contributed by atoms with van der Waals surface area (Å²) in [6, 6.07) is 1.98. The molecular formula is C19H25ClFN5. The number of nitrogens with two attached hydrogens (primary N) is 1. The molecule has 3 rings (SSSR count). The van der Waals surface area contributed by atoms with Gasteiger partial charge in [-0.3, -0.25) is 9.98 Å². The molecule has 0 spiro atoms. The number of allylic oxidation sites excluding steroid dienone is 1. The van der Waals surface area contributed by atoms with E-state index in [4.69, 9.17) is 17.3 Å². The van der Waals surface area contributed by atoms with E-state index < -0.39 is 6.17 Å². The average Bonchev–Trinajstić information content (AvgIpc) is 3.15. The van der Waals surface area contributed by atoms with Gasteiger partial charge in [-0.05, 0) is 44.1 Å². The Labute approximate surface area is 159 Å². The maximum Gasteiger partial charge on any atom is 0.132 e. The number of nitrogens with zero attached hydrogens (tertiary/aromatic N) is 4. The van der Waals surface area contributed by atoms with Crippen LogP contribution in [0.25, 0.3) is 11.6 Å². The zero-order chi connectivity index (χ0) is 18.5. The molecule has 7 heteroatoms. The molecule has 1 fully saturated rings. The van der Waals surface area contributed by atoms with Gasteiger partial charge in [0, 0.05) is 43.3 Å². The predicted molar refractivity (Wildman–Crippen MR) is 107 cm³/mol. The summed E-state index contributed by atoms with van der Waals surface area (Å²) >= 11 is 6.25. The minimum atomic E-state index is -0.960. The SMILES string of the molecule is CN1c2cc(C(C=NCC(F)CN3CCCC3)=CN)cnc2C=CC1Cl. The number of fused-ring (bicyclic) bond motifs is 1. The van der Waals surface area contributed by atoms with Gasteiger partial charge in [0.05, 0.1) is 17.9 Å². The molecular weight excluding hydrogens is 353 g/mol. The third-order valence-corrected chi connectivity index (χ3v) is 5.20. The van der Waals surface area contributed by atoms with E-state index in [2.05, 4.69) is 14.9 Å². The van der Waals surface area contributed by atoms with Gasteiger partial charge < -0.3 is 15.5 Å². The highest BCUT2D eigenvalue weighted by molar-refractivity contribution is 6.23. The Hall–Kier alpha value is -1.92. The number of alkyl halides is 2. The van der Waals surface area contributed by atoms with Crippen molar-refractivity contribution >= 4 is 35.2 Å². The van der Waals surface area contributed by atoms with E-state index in [9.17, 15) is 4.39 Å². The van der Waals surface area contributed by atoms with E-state index in [0.717, 1.165) is 42.9 Å². The van der Waals surface area contributed by atoms with E-state index in [1.165, 1.54) is 6.20 Å². The van der Waals surface area contributed by atoms with Gasteiger partial charge in [-0.2, -0.15) is 0 Å². The summed E-state index contributed by atoms with van der Waals surface area (Å²) in [4.78, 5) is 12.8. The molecule has 5 nitrogen and oxygen atoms in total. The maximum atomic E-state index is 14.1. The molecule has 1 aromatic rings. The second-order valence-corrected chi connectivity index (χ2v) is 7.14. The Kier molecular flexibility index (Phi) is 6.27. The molecule has 2 aliphatic rings. The maximum absolute atomic E-state index is 14.1. The third-order valence-electron chi connectivity index (χ3n) is 4.76. The van der Waals surface area contributed by atoms with Crippen LogP contribution in [0.4, 0.5) is 10.1 Å². The van der Waals surface area contributed by atoms with Gasteiger partial charge >= 0.3 is 0 Å². The van der Waals surface area contributed by atoms with Gasteiger partial charge in [0.2, 0.25) is 0 Å². The Morgan fingerprint density at radius 3 is 3.00 bits per heavy atom. The van der Waals surface area contributed by atoms with Crippen LogP contribution in [0.5, 0.6) is 0 Å². The quantitative estimate of drug-likeness (QED) is 0.470. The average molecular weight is 378 g/mol. The Balaban J connectivity index is 1.64. The fourth-order valence-electron chi connectivity index (χ4n) is 3.25. The second kappa shape index (κ2) is 8.64. The van der Waals surface area contributed by atoms with Crippen molar-refractivity contribution in [1.29, 1.82) is 0 Å². The van der Waals surface area contributed by atoms with Crippen molar-refractivity contribution in [1.82, 2.24) is 9.88 Å². The van der Waals surface area contributed by atoms with Crippen LogP contribution in [0.15, 0.2) is 29.5 Å². The summed E-state index contributed by atoms with van der Waals surface area (Å²) in [5.74, 6) is 0. The summed E-state index contributed by atoms with van der Waals surface area (Å²) in [6.45, 7) is 2.57. The molecule has 0 radical (unpaired) electrons. The molecule has 2 unspecified atom stereocenters. The van der Waals surface area contributed by atoms with E-state index >= 15 is 0 Å². The first kappa shape index (κ1) is 18.9. The molecule has 2 N–H and O–H groups in total. The number of likely N-dealkylation sites (tertiary alicyclic amines) is 1. The van der Waals surface area contributed by atoms with E-state index in [0.29, 0.717) is 12.1 Å². The second-order valence-electron chi connectivity index (χ2n) is 6.69. The third kappa shape index (κ3) is 4.43. The van der Waals surface area contributed by atoms with Crippen LogP contribution >= 0.6 is 11.6 Å². The van der Waals surface area contributed by atoms with E-state index in [1.807, 2.05) is 30.2 Å². The van der Waals surface area contributed by atoms with Crippen LogP contribution in [0.2, 0.25) is 0 Å². The van der Waals surface area contributed by atoms with E-state index in [-0.39, 0.29) is 12.0 Å². The lowest BCUT2D eigenvalue weighted by Crippen LogP contribution is -2.29. The van der Waals surface area contributed by atoms with Crippen LogP contribution in [0.1, 0.15) is 24.1 Å². The van der Waals surface area contributed by atoms with Crippen molar-refractivity contribution in [2.24, 2.45) is 10.7 Å². The van der Waals surface area contributed by atoms with Gasteiger partial charge in [-0.1, -0.05) is 11.6 Å². The van der Waals surface area contributed by atoms with Crippen LogP contribution < -0.4 is 10.6 Å². The molecule has 0 aliphatic carbocycles. The van der Waals surface area contributed by atoms with Crippen LogP contribution in [0.3, 0.4) is 0 Å². The van der Waals surface area contributed by atoms with Crippen molar-refractivity contribution in [2.45, 2.75) is 24.5 Å². The highest BCUT2D eigenvalue weighted by Gasteiger charge is 2.19. The number of hydrogen-bond acceptors (Lipinski definition) is 5. The molecule has 140 valence electrons. The molecule has 3 heterocycles. The molecule has 0 aromatic carbocycles. The van der Waals surface area contributed by atoms with Gasteiger partial charge in [0.1, 0.15) is 11.7 Å². The first-order valence-corrected chi connectivity index (χ1v) is 9.36. The molecule has 1 aromatic heterocycles. The molecule has 26 heavy (non-hydrogen) atoms. The number of halogens is 2. The molecule has 0 amide bonds. The highest BCUT2D eigenvalue weighted by atomic mass is 35.5. The van der Waals surface area contributed by atoms with Gasteiger partial charge in [-0.25, -0.2) is 4.39 Å². The molecule has 0 bridgehead atoms. The van der Waals surface area contributed by atoms with Crippen LogP contribution in [-0.4, -0.2) is 61.0 Å². The smallest absolute Gasteiger partial charge is 0.132 e. The number of hydrogen-bond donors (Lipinski definition) is 1. The molecule has 1 saturated heterocycles. The number of likely N-dealkylation sites (N-methyl/N-ethyl adjacent to an activating group) is 1. The standard InChI is InChI=1S/C19H25ClFN5/c1-25-18-8-14(11-24-17(18)4-5-19(25)20)15(9-22)10-23-12-16(21)13-26-6-2-3-7-26/h4-5,8-11,16,19H,2-3,6-7,12-13,22H2,1H3. The Morgan fingerprint density at radius 1 is 1.50 bits per heavy atom. The molecule has 2 aliphatic heterocycles. The topological polar surface area (TPSA) is 57.8 Å². The van der Waals surface area contributed by atoms with E-state index in [1.54, 1.807) is 12.4 Å². The summed E-state index contributed by atoms with van der Waals surface area (Å²) in [7, 11) is 1.91. The number of pyridine rings is 1. The van der Waals surface area contributed by atoms with Crippen LogP contribution in [-0.2, 0) is 0 Å². The van der Waals surface area contributed by atoms with Crippen molar-refractivity contribution in [3.05, 3.63) is 35.8 Å². The minimum absolute atomic E-state index is 0.138. The first-order chi connectivity index (χ1) is 12.6. The van der Waals surface area contributed by atoms with Crippen molar-refractivity contribution in [2.75, 3.05) is 38.1 Å². The highest BCUT2D eigenvalue weighted by Crippen LogP contribution is 2.29. The number of rotatable bonds is 6. The predicted octanol–water partition coefficient (Wildman–Crippen LogP) is 2.91. The largest absolute Gasteiger partial charge is 0.404 e. The van der Waals surface area contributed by atoms with Crippen molar-refractivity contribution in [3.8, 4) is 0 Å². The van der Waals surface area contributed by atoms with Gasteiger partial charge in [0.25, 0.3) is 0 Å². The number of aliphatic imine (C=N–C) groups is 1. The monoisotopic (exact) mass is 377 g/mol. The van der Waals surface area contributed by atoms with Gasteiger partial charge in [0.15, 0.2) is 0 Å². The Bertz CT molecular complexity index is 712. The number of anilines is 1. The lowest BCUT2D eigenvalue weighted by molar-refractivity contribution is 0.226. The number of aromatic nitrogens is 1. The Morgan fingerprint density at radius 2 is 2.27 bits per heavy atom. The molecule has 2 atom stereocenters. The summed E-state index contributed by atoms with van der Waals surface area (Å²) in [5, 5.41) is 0. The fraction of sp³-hybridized carbons (Fsp3) is 0.474. The summed E-state index contributed by atoms with van der Waals surface area (Å²) in [6.07, 6.45) is 9.99. The van der Waals surface area contributed by atoms with Crippen molar-refractivity contribution in [3.63, 3.8) is 0 Å². The molecule has 0 saturated carbocycles. The zero-order valence-corrected chi connectivity index (χ0v) is 15.7. The summed E-state index contributed by atoms with van der Waals surface area (Å²) < 4.78 is 14.1. The van der Waals surface area contributed by atoms with Crippen molar-refractivity contribution < 1.29 is 4.39 Å². The zero-order valence-electron chi connectivity index (χ0n) is 15.0. The first-order valence-electron chi connectivity index (χ1n) is 8.92. The summed E-state index contributed by atoms with van der Waals surface area (Å²) in [5.41, 5.74) is 8.87. The van der Waals surface area contributed by atoms with Crippen LogP contribution in [0, 0.1) is 0 Å². The fourth-order valence-corrected chi connectivity index (χ4v) is 3.43. The minimum Gasteiger partial charge on any atom is -0.404 e. The van der Waals surface area contributed by atoms with Gasteiger partial charge in [-0.15, -0.1) is 0 Å². The lowest BCUT2D eigenvalue weighted by atomic mass is 10.1.